The molecule has 0 aliphatic heterocycles. The van der Waals surface area contributed by atoms with Crippen LogP contribution in [0.25, 0.3) is 0 Å². The Labute approximate surface area is 149 Å². The summed E-state index contributed by atoms with van der Waals surface area (Å²) in [5.41, 5.74) is 0. The molecule has 0 aliphatic rings. The van der Waals surface area contributed by atoms with Gasteiger partial charge in [-0.25, -0.2) is 9.59 Å². The van der Waals surface area contributed by atoms with Crippen molar-refractivity contribution in [2.45, 2.75) is 19.8 Å². The van der Waals surface area contributed by atoms with Crippen LogP contribution in [0.15, 0.2) is 0 Å². The minimum absolute atomic E-state index is 0. The van der Waals surface area contributed by atoms with Crippen molar-refractivity contribution in [1.29, 1.82) is 0 Å². The van der Waals surface area contributed by atoms with Gasteiger partial charge in [-0.2, -0.15) is 0 Å². The van der Waals surface area contributed by atoms with E-state index in [1.807, 2.05) is 0 Å². The van der Waals surface area contributed by atoms with Crippen molar-refractivity contribution >= 4 is 60.8 Å². The molecule has 0 aliphatic carbocycles. The molecule has 91 valence electrons. The SMILES string of the molecule is CCCCO.O=C(O)C(=O)O.[Ba+2].[Cl-].[O]=[Ti][O-]. The van der Waals surface area contributed by atoms with Crippen molar-refractivity contribution in [3.05, 3.63) is 0 Å². The van der Waals surface area contributed by atoms with Gasteiger partial charge in [-0.15, -0.1) is 0 Å². The Bertz CT molecular complexity index is 155. The van der Waals surface area contributed by atoms with Crippen LogP contribution >= 0.6 is 0 Å². The van der Waals surface area contributed by atoms with Crippen LogP contribution in [0, 0.1) is 0 Å². The van der Waals surface area contributed by atoms with Crippen LogP contribution in [0.3, 0.4) is 0 Å². The van der Waals surface area contributed by atoms with E-state index >= 15 is 0 Å². The fourth-order valence-corrected chi connectivity index (χ4v) is 0.158. The first-order valence-corrected chi connectivity index (χ1v) is 4.81. The van der Waals surface area contributed by atoms with E-state index in [-0.39, 0.29) is 61.3 Å². The number of hydrogen-bond donors (Lipinski definition) is 3. The summed E-state index contributed by atoms with van der Waals surface area (Å²) in [5.74, 6) is -3.65. The van der Waals surface area contributed by atoms with Crippen molar-refractivity contribution < 1.29 is 63.8 Å². The van der Waals surface area contributed by atoms with E-state index in [9.17, 15) is 0 Å². The van der Waals surface area contributed by atoms with Gasteiger partial charge < -0.3 is 27.7 Å². The fourth-order valence-electron chi connectivity index (χ4n) is 0.158. The number of hydrogen-bond acceptors (Lipinski definition) is 5. The number of halogens is 1. The third kappa shape index (κ3) is 59.0. The van der Waals surface area contributed by atoms with Crippen molar-refractivity contribution in [1.82, 2.24) is 0 Å². The molecule has 0 saturated heterocycles. The molecule has 0 rings (SSSR count). The Balaban J connectivity index is -0.0000000373. The maximum absolute atomic E-state index is 9.10. The second-order valence-electron chi connectivity index (χ2n) is 1.77. The summed E-state index contributed by atoms with van der Waals surface area (Å²) in [6, 6.07) is 0. The van der Waals surface area contributed by atoms with Crippen LogP contribution in [-0.4, -0.2) is 82.7 Å². The molecule has 0 radical (unpaired) electrons. The summed E-state index contributed by atoms with van der Waals surface area (Å²) >= 11 is -2.00. The third-order valence-corrected chi connectivity index (χ3v) is 0.695. The Morgan fingerprint density at radius 3 is 1.50 bits per heavy atom. The molecule has 10 heteroatoms. The molecule has 3 N–H and O–H groups in total. The number of unbranched alkanes of at least 4 members (excludes halogenated alkanes) is 1. The van der Waals surface area contributed by atoms with Gasteiger partial charge in [0.2, 0.25) is 0 Å². The first-order valence-electron chi connectivity index (χ1n) is 3.54. The second-order valence-corrected chi connectivity index (χ2v) is 2.03. The Hall–Kier alpha value is 1.24. The summed E-state index contributed by atoms with van der Waals surface area (Å²) in [6.07, 6.45) is 2.04. The molecule has 0 saturated carbocycles. The summed E-state index contributed by atoms with van der Waals surface area (Å²) in [7, 11) is 0. The summed E-state index contributed by atoms with van der Waals surface area (Å²) in [4.78, 5) is 18.2. The van der Waals surface area contributed by atoms with Gasteiger partial charge in [-0.05, 0) is 6.42 Å². The van der Waals surface area contributed by atoms with Gasteiger partial charge in [-0.3, -0.25) is 0 Å². The summed E-state index contributed by atoms with van der Waals surface area (Å²) in [6.45, 7) is 2.40. The zero-order valence-electron chi connectivity index (χ0n) is 8.68. The molecule has 0 spiro atoms. The van der Waals surface area contributed by atoms with Crippen molar-refractivity contribution in [3.63, 3.8) is 0 Å². The van der Waals surface area contributed by atoms with Crippen molar-refractivity contribution in [3.8, 4) is 0 Å². The predicted molar refractivity (Wildman–Crippen MR) is 43.7 cm³/mol. The molecule has 0 bridgehead atoms. The standard InChI is InChI=1S/C4H10O.C2H2O4.Ba.ClH.2O.Ti/c1-2-3-4-5;3-1(4)2(5)6;;;;;/h5H,2-4H2,1H3;(H,3,4)(H,5,6);;1H;;;/q;;+2;;;-1;/p-1. The number of aliphatic hydroxyl groups excluding tert-OH is 1. The number of aliphatic hydroxyl groups is 1. The molecule has 0 aromatic heterocycles. The normalized spacial score (nSPS) is 5.94. The molecule has 16 heavy (non-hydrogen) atoms. The van der Waals surface area contributed by atoms with E-state index in [1.54, 1.807) is 0 Å². The molecule has 0 fully saturated rings. The van der Waals surface area contributed by atoms with Gasteiger partial charge in [0.15, 0.2) is 0 Å². The predicted octanol–water partition coefficient (Wildman–Crippen LogP) is -4.75. The van der Waals surface area contributed by atoms with E-state index in [4.69, 9.17) is 31.9 Å². The monoisotopic (exact) mass is 417 g/mol. The molecule has 0 amide bonds. The number of rotatable bonds is 2. The van der Waals surface area contributed by atoms with Crippen LogP contribution in [0.1, 0.15) is 19.8 Å². The molecule has 0 aromatic carbocycles. The molecule has 0 unspecified atom stereocenters. The van der Waals surface area contributed by atoms with E-state index < -0.39 is 31.4 Å². The van der Waals surface area contributed by atoms with E-state index in [2.05, 4.69) is 6.92 Å². The molecule has 0 atom stereocenters. The molecular formula is C6H12BaClO7Ti. The number of aliphatic carboxylic acids is 2. The Morgan fingerprint density at radius 2 is 1.50 bits per heavy atom. The molecule has 0 heterocycles. The van der Waals surface area contributed by atoms with E-state index in [0.29, 0.717) is 6.61 Å². The zero-order chi connectivity index (χ0) is 12.0. The van der Waals surface area contributed by atoms with Crippen LogP contribution < -0.4 is 16.1 Å². The van der Waals surface area contributed by atoms with Gasteiger partial charge in [0.05, 0.1) is 0 Å². The second kappa shape index (κ2) is 29.9. The van der Waals surface area contributed by atoms with Gasteiger partial charge >= 0.3 is 87.3 Å². The fraction of sp³-hybridized carbons (Fsp3) is 0.667. The van der Waals surface area contributed by atoms with Gasteiger partial charge in [-0.1, -0.05) is 13.3 Å². The Kier molecular flexibility index (Phi) is 56.6. The van der Waals surface area contributed by atoms with Gasteiger partial charge in [0.1, 0.15) is 0 Å². The molecule has 0 aromatic rings. The average Bonchev–Trinajstić information content (AvgIpc) is 2.08. The van der Waals surface area contributed by atoms with Crippen LogP contribution in [0.4, 0.5) is 0 Å². The summed E-state index contributed by atoms with van der Waals surface area (Å²) < 4.78 is 17.0. The molecule has 7 nitrogen and oxygen atoms in total. The quantitative estimate of drug-likeness (QED) is 0.304. The van der Waals surface area contributed by atoms with Gasteiger partial charge in [0.25, 0.3) is 0 Å². The number of carbonyl (C=O) groups is 2. The topological polar surface area (TPSA) is 135 Å². The number of carboxylic acid groups (broad SMARTS) is 2. The van der Waals surface area contributed by atoms with Crippen molar-refractivity contribution in [2.24, 2.45) is 0 Å². The first-order chi connectivity index (χ1) is 6.47. The van der Waals surface area contributed by atoms with Crippen molar-refractivity contribution in [2.75, 3.05) is 6.61 Å². The Morgan fingerprint density at radius 1 is 1.25 bits per heavy atom. The van der Waals surface area contributed by atoms with Crippen LogP contribution in [0.5, 0.6) is 0 Å². The first kappa shape index (κ1) is 30.3. The summed E-state index contributed by atoms with van der Waals surface area (Å²) in [5, 5.41) is 22.8. The average molecular weight is 417 g/mol. The zero-order valence-corrected chi connectivity index (χ0v) is 15.4. The van der Waals surface area contributed by atoms with Crippen LogP contribution in [-0.2, 0) is 32.4 Å². The van der Waals surface area contributed by atoms with Crippen LogP contribution in [0.2, 0.25) is 0 Å². The maximum atomic E-state index is 9.10. The molecular weight excluding hydrogens is 405 g/mol. The number of carboxylic acids is 2. The third-order valence-electron chi connectivity index (χ3n) is 0.695. The van der Waals surface area contributed by atoms with E-state index in [1.165, 1.54) is 0 Å². The van der Waals surface area contributed by atoms with E-state index in [0.717, 1.165) is 12.8 Å². The minimum atomic E-state index is -2.00. The van der Waals surface area contributed by atoms with Gasteiger partial charge in [0, 0.05) is 6.61 Å².